The van der Waals surface area contributed by atoms with Crippen LogP contribution in [0.25, 0.3) is 0 Å². The standard InChI is InChI=1S/C19H20N4O2/c1-23(2)19(24)17-10-9-15(22-17)13-21-14-6-5-7-16(12-14)25-18-8-3-4-11-20-18/h3-12,21-22H,13H2,1-2H3. The summed E-state index contributed by atoms with van der Waals surface area (Å²) in [5, 5.41) is 3.31. The van der Waals surface area contributed by atoms with Gasteiger partial charge in [0.05, 0.1) is 6.54 Å². The van der Waals surface area contributed by atoms with Crippen LogP contribution >= 0.6 is 0 Å². The highest BCUT2D eigenvalue weighted by atomic mass is 16.5. The van der Waals surface area contributed by atoms with Gasteiger partial charge in [-0.05, 0) is 30.3 Å². The van der Waals surface area contributed by atoms with Crippen molar-refractivity contribution in [1.82, 2.24) is 14.9 Å². The molecule has 0 unspecified atom stereocenters. The van der Waals surface area contributed by atoms with E-state index in [2.05, 4.69) is 15.3 Å². The average molecular weight is 336 g/mol. The molecule has 0 radical (unpaired) electrons. The fourth-order valence-corrected chi connectivity index (χ4v) is 2.30. The topological polar surface area (TPSA) is 70.2 Å². The van der Waals surface area contributed by atoms with E-state index in [0.717, 1.165) is 11.4 Å². The van der Waals surface area contributed by atoms with Crippen LogP contribution < -0.4 is 10.1 Å². The van der Waals surface area contributed by atoms with Gasteiger partial charge in [0.25, 0.3) is 5.91 Å². The van der Waals surface area contributed by atoms with E-state index in [9.17, 15) is 4.79 Å². The molecule has 3 rings (SSSR count). The Labute approximate surface area is 146 Å². The zero-order valence-electron chi connectivity index (χ0n) is 14.2. The van der Waals surface area contributed by atoms with E-state index in [0.29, 0.717) is 23.9 Å². The molecule has 25 heavy (non-hydrogen) atoms. The number of hydrogen-bond acceptors (Lipinski definition) is 4. The number of aromatic amines is 1. The number of carbonyl (C=O) groups excluding carboxylic acids is 1. The van der Waals surface area contributed by atoms with Gasteiger partial charge in [0.2, 0.25) is 5.88 Å². The van der Waals surface area contributed by atoms with Crippen LogP contribution in [0.1, 0.15) is 16.2 Å². The second-order valence-electron chi connectivity index (χ2n) is 5.75. The van der Waals surface area contributed by atoms with Crippen molar-refractivity contribution in [3.8, 4) is 11.6 Å². The Morgan fingerprint density at radius 1 is 1.16 bits per heavy atom. The van der Waals surface area contributed by atoms with Gasteiger partial charge in [-0.3, -0.25) is 4.79 Å². The van der Waals surface area contributed by atoms with Crippen LogP contribution in [0.3, 0.4) is 0 Å². The third-order valence-corrected chi connectivity index (χ3v) is 3.56. The van der Waals surface area contributed by atoms with E-state index >= 15 is 0 Å². The fraction of sp³-hybridized carbons (Fsp3) is 0.158. The summed E-state index contributed by atoms with van der Waals surface area (Å²) in [6.07, 6.45) is 1.69. The number of nitrogens with zero attached hydrogens (tertiary/aromatic N) is 2. The van der Waals surface area contributed by atoms with Crippen molar-refractivity contribution in [1.29, 1.82) is 0 Å². The van der Waals surface area contributed by atoms with E-state index < -0.39 is 0 Å². The Morgan fingerprint density at radius 2 is 2.04 bits per heavy atom. The van der Waals surface area contributed by atoms with Gasteiger partial charge in [0.1, 0.15) is 11.4 Å². The van der Waals surface area contributed by atoms with Crippen molar-refractivity contribution < 1.29 is 9.53 Å². The second kappa shape index (κ2) is 7.53. The third-order valence-electron chi connectivity index (χ3n) is 3.56. The molecule has 1 amide bonds. The molecule has 0 aliphatic carbocycles. The predicted octanol–water partition coefficient (Wildman–Crippen LogP) is 3.52. The fourth-order valence-electron chi connectivity index (χ4n) is 2.30. The van der Waals surface area contributed by atoms with Crippen LogP contribution in [0.4, 0.5) is 5.69 Å². The van der Waals surface area contributed by atoms with Gasteiger partial charge in [-0.2, -0.15) is 0 Å². The molecular weight excluding hydrogens is 316 g/mol. The van der Waals surface area contributed by atoms with Gasteiger partial charge in [0.15, 0.2) is 0 Å². The molecule has 2 N–H and O–H groups in total. The monoisotopic (exact) mass is 336 g/mol. The number of hydrogen-bond donors (Lipinski definition) is 2. The molecule has 3 aromatic rings. The van der Waals surface area contributed by atoms with Crippen molar-refractivity contribution in [2.75, 3.05) is 19.4 Å². The highest BCUT2D eigenvalue weighted by Crippen LogP contribution is 2.22. The van der Waals surface area contributed by atoms with E-state index in [4.69, 9.17) is 4.74 Å². The van der Waals surface area contributed by atoms with Crippen LogP contribution in [-0.4, -0.2) is 34.9 Å². The lowest BCUT2D eigenvalue weighted by atomic mass is 10.3. The lowest BCUT2D eigenvalue weighted by Crippen LogP contribution is -2.22. The van der Waals surface area contributed by atoms with Crippen molar-refractivity contribution >= 4 is 11.6 Å². The minimum Gasteiger partial charge on any atom is -0.439 e. The smallest absolute Gasteiger partial charge is 0.269 e. The summed E-state index contributed by atoms with van der Waals surface area (Å²) in [7, 11) is 3.46. The minimum absolute atomic E-state index is 0.0444. The van der Waals surface area contributed by atoms with Gasteiger partial charge >= 0.3 is 0 Å². The number of nitrogens with one attached hydrogen (secondary N) is 2. The minimum atomic E-state index is -0.0444. The van der Waals surface area contributed by atoms with Crippen LogP contribution in [-0.2, 0) is 6.54 Å². The highest BCUT2D eigenvalue weighted by Gasteiger charge is 2.10. The van der Waals surface area contributed by atoms with E-state index in [-0.39, 0.29) is 5.91 Å². The van der Waals surface area contributed by atoms with Crippen LogP contribution in [0.5, 0.6) is 11.6 Å². The van der Waals surface area contributed by atoms with Crippen molar-refractivity contribution in [2.24, 2.45) is 0 Å². The lowest BCUT2D eigenvalue weighted by Gasteiger charge is -2.09. The summed E-state index contributed by atoms with van der Waals surface area (Å²) in [5.41, 5.74) is 2.43. The predicted molar refractivity (Wildman–Crippen MR) is 96.9 cm³/mol. The van der Waals surface area contributed by atoms with Gasteiger partial charge in [-0.15, -0.1) is 0 Å². The molecule has 1 aromatic carbocycles. The molecular formula is C19H20N4O2. The van der Waals surface area contributed by atoms with E-state index in [1.54, 1.807) is 31.3 Å². The Morgan fingerprint density at radius 3 is 2.80 bits per heavy atom. The van der Waals surface area contributed by atoms with Crippen LogP contribution in [0.15, 0.2) is 60.8 Å². The van der Waals surface area contributed by atoms with Crippen LogP contribution in [0.2, 0.25) is 0 Å². The third kappa shape index (κ3) is 4.38. The maximum atomic E-state index is 11.9. The normalized spacial score (nSPS) is 10.3. The Bertz CT molecular complexity index is 843. The van der Waals surface area contributed by atoms with Gasteiger partial charge < -0.3 is 19.9 Å². The first-order valence-corrected chi connectivity index (χ1v) is 7.94. The van der Waals surface area contributed by atoms with Gasteiger partial charge in [0, 0.05) is 43.8 Å². The van der Waals surface area contributed by atoms with Gasteiger partial charge in [-0.25, -0.2) is 4.98 Å². The Hall–Kier alpha value is -3.28. The number of H-pyrrole nitrogens is 1. The zero-order valence-corrected chi connectivity index (χ0v) is 14.2. The highest BCUT2D eigenvalue weighted by molar-refractivity contribution is 5.92. The van der Waals surface area contributed by atoms with Crippen molar-refractivity contribution in [3.05, 3.63) is 72.2 Å². The Kier molecular flexibility index (Phi) is 4.99. The quantitative estimate of drug-likeness (QED) is 0.722. The number of aromatic nitrogens is 2. The number of anilines is 1. The lowest BCUT2D eigenvalue weighted by molar-refractivity contribution is 0.0822. The molecule has 2 heterocycles. The van der Waals surface area contributed by atoms with Crippen LogP contribution in [0, 0.1) is 0 Å². The molecule has 0 saturated heterocycles. The Balaban J connectivity index is 1.62. The molecule has 0 fully saturated rings. The number of amides is 1. The molecule has 0 aliphatic rings. The maximum Gasteiger partial charge on any atom is 0.269 e. The molecule has 0 atom stereocenters. The summed E-state index contributed by atoms with van der Waals surface area (Å²) < 4.78 is 5.72. The largest absolute Gasteiger partial charge is 0.439 e. The van der Waals surface area contributed by atoms with Crippen molar-refractivity contribution in [2.45, 2.75) is 6.54 Å². The van der Waals surface area contributed by atoms with E-state index in [1.807, 2.05) is 48.5 Å². The summed E-state index contributed by atoms with van der Waals surface area (Å²) in [6, 6.07) is 16.9. The maximum absolute atomic E-state index is 11.9. The molecule has 6 heteroatoms. The number of ether oxygens (including phenoxy) is 1. The van der Waals surface area contributed by atoms with E-state index in [1.165, 1.54) is 0 Å². The average Bonchev–Trinajstić information content (AvgIpc) is 3.09. The molecule has 0 saturated carbocycles. The zero-order chi connectivity index (χ0) is 17.6. The van der Waals surface area contributed by atoms with Crippen molar-refractivity contribution in [3.63, 3.8) is 0 Å². The molecule has 128 valence electrons. The summed E-state index contributed by atoms with van der Waals surface area (Å²) in [4.78, 5) is 20.7. The number of benzene rings is 1. The molecule has 6 nitrogen and oxygen atoms in total. The summed E-state index contributed by atoms with van der Waals surface area (Å²) in [6.45, 7) is 0.577. The molecule has 2 aromatic heterocycles. The number of carbonyl (C=O) groups is 1. The first-order chi connectivity index (χ1) is 12.1. The molecule has 0 spiro atoms. The van der Waals surface area contributed by atoms with Gasteiger partial charge in [-0.1, -0.05) is 12.1 Å². The molecule has 0 bridgehead atoms. The first-order valence-electron chi connectivity index (χ1n) is 7.94. The second-order valence-corrected chi connectivity index (χ2v) is 5.75. The summed E-state index contributed by atoms with van der Waals surface area (Å²) in [5.74, 6) is 1.21. The number of pyridine rings is 1. The SMILES string of the molecule is CN(C)C(=O)c1ccc(CNc2cccc(Oc3ccccn3)c2)[nH]1. The first kappa shape index (κ1) is 16.6. The molecule has 0 aliphatic heterocycles. The number of rotatable bonds is 6. The summed E-state index contributed by atoms with van der Waals surface area (Å²) >= 11 is 0.